The highest BCUT2D eigenvalue weighted by molar-refractivity contribution is 9.10. The molecule has 0 unspecified atom stereocenters. The predicted octanol–water partition coefficient (Wildman–Crippen LogP) is 4.17. The molecular weight excluding hydrogens is 314 g/mol. The van der Waals surface area contributed by atoms with Gasteiger partial charge in [-0.15, -0.1) is 0 Å². The SMILES string of the molecule is CCc1nc(C(C)(C)c2ccccc2)nc(NC)c1Br. The first-order valence-corrected chi connectivity index (χ1v) is 7.60. The highest BCUT2D eigenvalue weighted by Gasteiger charge is 2.28. The third kappa shape index (κ3) is 2.70. The highest BCUT2D eigenvalue weighted by atomic mass is 79.9. The average Bonchev–Trinajstić information content (AvgIpc) is 2.48. The topological polar surface area (TPSA) is 37.8 Å². The Morgan fingerprint density at radius 1 is 1.15 bits per heavy atom. The fourth-order valence-electron chi connectivity index (χ4n) is 2.16. The molecule has 0 fully saturated rings. The van der Waals surface area contributed by atoms with Crippen LogP contribution in [0.5, 0.6) is 0 Å². The van der Waals surface area contributed by atoms with Crippen molar-refractivity contribution in [1.29, 1.82) is 0 Å². The monoisotopic (exact) mass is 333 g/mol. The van der Waals surface area contributed by atoms with E-state index in [2.05, 4.69) is 71.3 Å². The van der Waals surface area contributed by atoms with E-state index in [1.54, 1.807) is 0 Å². The molecule has 0 aliphatic heterocycles. The lowest BCUT2D eigenvalue weighted by molar-refractivity contribution is 0.585. The molecule has 0 amide bonds. The third-order valence-corrected chi connectivity index (χ3v) is 4.38. The van der Waals surface area contributed by atoms with Gasteiger partial charge in [0.2, 0.25) is 0 Å². The molecule has 0 atom stereocenters. The average molecular weight is 334 g/mol. The van der Waals surface area contributed by atoms with Crippen LogP contribution in [0.1, 0.15) is 37.9 Å². The fraction of sp³-hybridized carbons (Fsp3) is 0.375. The third-order valence-electron chi connectivity index (χ3n) is 3.55. The van der Waals surface area contributed by atoms with Crippen molar-refractivity contribution in [2.75, 3.05) is 12.4 Å². The van der Waals surface area contributed by atoms with Crippen LogP contribution < -0.4 is 5.32 Å². The van der Waals surface area contributed by atoms with E-state index in [-0.39, 0.29) is 5.41 Å². The van der Waals surface area contributed by atoms with Crippen molar-refractivity contribution in [3.63, 3.8) is 0 Å². The molecule has 2 rings (SSSR count). The summed E-state index contributed by atoms with van der Waals surface area (Å²) in [6.45, 7) is 6.42. The Labute approximate surface area is 129 Å². The van der Waals surface area contributed by atoms with Gasteiger partial charge in [-0.25, -0.2) is 9.97 Å². The fourth-order valence-corrected chi connectivity index (χ4v) is 2.81. The number of nitrogens with one attached hydrogen (secondary N) is 1. The minimum atomic E-state index is -0.225. The van der Waals surface area contributed by atoms with E-state index in [1.807, 2.05) is 13.1 Å². The van der Waals surface area contributed by atoms with Crippen molar-refractivity contribution in [3.8, 4) is 0 Å². The zero-order chi connectivity index (χ0) is 14.8. The molecular formula is C16H20BrN3. The van der Waals surface area contributed by atoms with Gasteiger partial charge in [0.25, 0.3) is 0 Å². The molecule has 1 heterocycles. The van der Waals surface area contributed by atoms with E-state index in [9.17, 15) is 0 Å². The Kier molecular flexibility index (Phi) is 4.43. The second-order valence-electron chi connectivity index (χ2n) is 5.25. The molecule has 0 radical (unpaired) electrons. The molecule has 4 heteroatoms. The quantitative estimate of drug-likeness (QED) is 0.912. The van der Waals surface area contributed by atoms with E-state index < -0.39 is 0 Å². The molecule has 0 saturated carbocycles. The molecule has 0 aliphatic rings. The molecule has 2 aromatic rings. The molecule has 0 spiro atoms. The summed E-state index contributed by atoms with van der Waals surface area (Å²) in [5, 5.41) is 3.14. The number of nitrogens with zero attached hydrogens (tertiary/aromatic N) is 2. The largest absolute Gasteiger partial charge is 0.372 e. The van der Waals surface area contributed by atoms with Crippen LogP contribution >= 0.6 is 15.9 Å². The van der Waals surface area contributed by atoms with Gasteiger partial charge in [-0.05, 0) is 41.8 Å². The minimum absolute atomic E-state index is 0.225. The normalized spacial score (nSPS) is 11.4. The number of halogens is 1. The van der Waals surface area contributed by atoms with E-state index in [4.69, 9.17) is 4.98 Å². The summed E-state index contributed by atoms with van der Waals surface area (Å²) in [5.41, 5.74) is 2.02. The molecule has 1 aromatic carbocycles. The van der Waals surface area contributed by atoms with Gasteiger partial charge < -0.3 is 5.32 Å². The van der Waals surface area contributed by atoms with Crippen LogP contribution in [0.4, 0.5) is 5.82 Å². The van der Waals surface area contributed by atoms with Crippen LogP contribution in [0.2, 0.25) is 0 Å². The standard InChI is InChI=1S/C16H20BrN3/c1-5-12-13(17)14(18-4)20-15(19-12)16(2,3)11-9-7-6-8-10-11/h6-10H,5H2,1-4H3,(H,18,19,20). The van der Waals surface area contributed by atoms with Crippen molar-refractivity contribution in [2.24, 2.45) is 0 Å². The van der Waals surface area contributed by atoms with Gasteiger partial charge in [-0.3, -0.25) is 0 Å². The summed E-state index contributed by atoms with van der Waals surface area (Å²) in [4.78, 5) is 9.43. The Hall–Kier alpha value is -1.42. The van der Waals surface area contributed by atoms with Gasteiger partial charge in [-0.2, -0.15) is 0 Å². The second kappa shape index (κ2) is 5.92. The van der Waals surface area contributed by atoms with Crippen molar-refractivity contribution in [3.05, 3.63) is 51.9 Å². The van der Waals surface area contributed by atoms with Gasteiger partial charge in [0.05, 0.1) is 10.2 Å². The van der Waals surface area contributed by atoms with Crippen LogP contribution in [0.15, 0.2) is 34.8 Å². The van der Waals surface area contributed by atoms with Crippen LogP contribution in [-0.2, 0) is 11.8 Å². The number of aromatic nitrogens is 2. The Balaban J connectivity index is 2.57. The van der Waals surface area contributed by atoms with Crippen LogP contribution in [0, 0.1) is 0 Å². The minimum Gasteiger partial charge on any atom is -0.372 e. The second-order valence-corrected chi connectivity index (χ2v) is 6.04. The summed E-state index contributed by atoms with van der Waals surface area (Å²) in [6, 6.07) is 10.4. The molecule has 0 bridgehead atoms. The molecule has 0 saturated heterocycles. The summed E-state index contributed by atoms with van der Waals surface area (Å²) in [6.07, 6.45) is 0.871. The lowest BCUT2D eigenvalue weighted by atomic mass is 9.83. The van der Waals surface area contributed by atoms with Gasteiger partial charge >= 0.3 is 0 Å². The predicted molar refractivity (Wildman–Crippen MR) is 87.2 cm³/mol. The number of anilines is 1. The Bertz CT molecular complexity index is 569. The van der Waals surface area contributed by atoms with Crippen molar-refractivity contribution < 1.29 is 0 Å². The maximum Gasteiger partial charge on any atom is 0.144 e. The molecule has 106 valence electrons. The first kappa shape index (κ1) is 15.0. The first-order valence-electron chi connectivity index (χ1n) is 6.80. The van der Waals surface area contributed by atoms with Gasteiger partial charge in [0.15, 0.2) is 0 Å². The van der Waals surface area contributed by atoms with Crippen molar-refractivity contribution >= 4 is 21.7 Å². The van der Waals surface area contributed by atoms with Crippen molar-refractivity contribution in [1.82, 2.24) is 9.97 Å². The molecule has 1 aromatic heterocycles. The summed E-state index contributed by atoms with van der Waals surface area (Å²) >= 11 is 3.57. The van der Waals surface area contributed by atoms with Crippen molar-refractivity contribution in [2.45, 2.75) is 32.6 Å². The highest BCUT2D eigenvalue weighted by Crippen LogP contribution is 2.32. The number of hydrogen-bond donors (Lipinski definition) is 1. The molecule has 20 heavy (non-hydrogen) atoms. The lowest BCUT2D eigenvalue weighted by Gasteiger charge is -2.25. The number of rotatable bonds is 4. The Morgan fingerprint density at radius 2 is 1.80 bits per heavy atom. The summed E-state index contributed by atoms with van der Waals surface area (Å²) < 4.78 is 0.954. The van der Waals surface area contributed by atoms with Gasteiger partial charge in [0.1, 0.15) is 11.6 Å². The van der Waals surface area contributed by atoms with E-state index >= 15 is 0 Å². The van der Waals surface area contributed by atoms with Crippen LogP contribution in [0.25, 0.3) is 0 Å². The summed E-state index contributed by atoms with van der Waals surface area (Å²) in [5.74, 6) is 1.68. The smallest absolute Gasteiger partial charge is 0.144 e. The maximum absolute atomic E-state index is 4.75. The maximum atomic E-state index is 4.75. The molecule has 0 aliphatic carbocycles. The number of aryl methyl sites for hydroxylation is 1. The van der Waals surface area contributed by atoms with Crippen LogP contribution in [-0.4, -0.2) is 17.0 Å². The number of benzene rings is 1. The molecule has 1 N–H and O–H groups in total. The number of hydrogen-bond acceptors (Lipinski definition) is 3. The summed E-state index contributed by atoms with van der Waals surface area (Å²) in [7, 11) is 1.88. The first-order chi connectivity index (χ1) is 9.50. The molecule has 3 nitrogen and oxygen atoms in total. The zero-order valence-electron chi connectivity index (χ0n) is 12.4. The van der Waals surface area contributed by atoms with E-state index in [0.29, 0.717) is 0 Å². The lowest BCUT2D eigenvalue weighted by Crippen LogP contribution is -2.24. The van der Waals surface area contributed by atoms with Gasteiger partial charge in [0, 0.05) is 12.5 Å². The van der Waals surface area contributed by atoms with Gasteiger partial charge in [-0.1, -0.05) is 37.3 Å². The van der Waals surface area contributed by atoms with E-state index in [0.717, 1.165) is 28.2 Å². The zero-order valence-corrected chi connectivity index (χ0v) is 14.0. The van der Waals surface area contributed by atoms with E-state index in [1.165, 1.54) is 5.56 Å². The Morgan fingerprint density at radius 3 is 2.35 bits per heavy atom. The van der Waals surface area contributed by atoms with Crippen LogP contribution in [0.3, 0.4) is 0 Å².